The molecule has 2 rings (SSSR count). The van der Waals surface area contributed by atoms with E-state index in [4.69, 9.17) is 15.6 Å². The van der Waals surface area contributed by atoms with E-state index < -0.39 is 72.4 Å². The molecular weight excluding hydrogens is 568 g/mol. The number of benzene rings is 1. The van der Waals surface area contributed by atoms with Gasteiger partial charge < -0.3 is 41.8 Å². The average molecular weight is 607 g/mol. The van der Waals surface area contributed by atoms with Crippen LogP contribution < -0.4 is 27.0 Å². The third kappa shape index (κ3) is 11.3. The largest absolute Gasteiger partial charge is 0.481 e. The van der Waals surface area contributed by atoms with Crippen LogP contribution >= 0.6 is 11.8 Å². The van der Waals surface area contributed by atoms with E-state index >= 15 is 0 Å². The van der Waals surface area contributed by atoms with Gasteiger partial charge in [-0.05, 0) is 50.8 Å². The van der Waals surface area contributed by atoms with Crippen LogP contribution in [0.1, 0.15) is 39.2 Å². The number of carboxylic acid groups (broad SMARTS) is 1. The highest BCUT2D eigenvalue weighted by atomic mass is 32.2. The summed E-state index contributed by atoms with van der Waals surface area (Å²) in [6.07, 6.45) is 2.14. The molecule has 15 heteroatoms. The Morgan fingerprint density at radius 2 is 1.64 bits per heavy atom. The van der Waals surface area contributed by atoms with E-state index in [1.54, 1.807) is 33.2 Å². The fourth-order valence-corrected chi connectivity index (χ4v) is 4.36. The predicted octanol–water partition coefficient (Wildman–Crippen LogP) is 0.403. The van der Waals surface area contributed by atoms with Crippen molar-refractivity contribution in [2.24, 2.45) is 5.73 Å². The number of nitrogens with one attached hydrogen (secondary N) is 5. The summed E-state index contributed by atoms with van der Waals surface area (Å²) in [4.78, 5) is 77.2. The van der Waals surface area contributed by atoms with Gasteiger partial charge in [-0.25, -0.2) is 4.79 Å². The van der Waals surface area contributed by atoms with Crippen LogP contribution in [0.15, 0.2) is 30.5 Å². The van der Waals surface area contributed by atoms with Gasteiger partial charge in [0.1, 0.15) is 30.3 Å². The van der Waals surface area contributed by atoms with Crippen molar-refractivity contribution in [3.8, 4) is 0 Å². The van der Waals surface area contributed by atoms with Crippen LogP contribution in [0.4, 0.5) is 4.79 Å². The van der Waals surface area contributed by atoms with Gasteiger partial charge in [-0.1, -0.05) is 18.2 Å². The molecule has 2 aromatic rings. The van der Waals surface area contributed by atoms with Gasteiger partial charge in [0.15, 0.2) is 0 Å². The van der Waals surface area contributed by atoms with Crippen molar-refractivity contribution in [1.82, 2.24) is 26.3 Å². The average Bonchev–Trinajstić information content (AvgIpc) is 3.30. The maximum Gasteiger partial charge on any atom is 0.408 e. The zero-order valence-corrected chi connectivity index (χ0v) is 24.8. The molecule has 0 unspecified atom stereocenters. The maximum absolute atomic E-state index is 13.5. The van der Waals surface area contributed by atoms with Crippen molar-refractivity contribution in [3.05, 3.63) is 36.0 Å². The number of alkyl carbamates (subject to hydrolysis) is 1. The Morgan fingerprint density at radius 1 is 1.00 bits per heavy atom. The number of hydrogen-bond acceptors (Lipinski definition) is 8. The number of aromatic nitrogens is 1. The first kappa shape index (κ1) is 33.9. The highest BCUT2D eigenvalue weighted by molar-refractivity contribution is 7.98. The second kappa shape index (κ2) is 15.7. The van der Waals surface area contributed by atoms with Crippen LogP contribution in [-0.4, -0.2) is 88.1 Å². The van der Waals surface area contributed by atoms with Crippen molar-refractivity contribution in [3.63, 3.8) is 0 Å². The lowest BCUT2D eigenvalue weighted by molar-refractivity contribution is -0.140. The number of thioether (sulfide) groups is 1. The summed E-state index contributed by atoms with van der Waals surface area (Å²) in [6, 6.07) is 3.55. The van der Waals surface area contributed by atoms with Gasteiger partial charge in [0, 0.05) is 23.5 Å². The molecule has 14 nitrogen and oxygen atoms in total. The number of carbonyl (C=O) groups is 6. The molecule has 0 saturated heterocycles. The van der Waals surface area contributed by atoms with E-state index in [2.05, 4.69) is 26.3 Å². The number of primary amides is 1. The standard InChI is InChI=1S/C27H38N6O8S/c1-27(2,3)41-26(40)30-14-21(34)31-20(11-15-13-29-17-8-6-5-7-16(15)17)25(39)32-18(9-10-42-4)24(38)33-19(23(28)37)12-22(35)36/h5-8,13,18-20,29H,9-12,14H2,1-4H3,(H2,28,37)(H,30,40)(H,31,34)(H,32,39)(H,33,38)(H,35,36)/t18-,19-,20-/m0/s1. The lowest BCUT2D eigenvalue weighted by Crippen LogP contribution is -2.57. The topological polar surface area (TPSA) is 222 Å². The number of amides is 5. The van der Waals surface area contributed by atoms with Gasteiger partial charge in [0.2, 0.25) is 23.6 Å². The number of nitrogens with two attached hydrogens (primary N) is 1. The molecule has 1 aromatic heterocycles. The molecule has 42 heavy (non-hydrogen) atoms. The summed E-state index contributed by atoms with van der Waals surface area (Å²) in [5.41, 5.74) is 6.00. The lowest BCUT2D eigenvalue weighted by Gasteiger charge is -2.24. The number of hydrogen-bond donors (Lipinski definition) is 7. The predicted molar refractivity (Wildman–Crippen MR) is 156 cm³/mol. The van der Waals surface area contributed by atoms with Gasteiger partial charge in [-0.2, -0.15) is 11.8 Å². The number of carbonyl (C=O) groups excluding carboxylic acids is 5. The number of ether oxygens (including phenoxy) is 1. The van der Waals surface area contributed by atoms with Crippen LogP contribution in [-0.2, 0) is 35.1 Å². The first-order chi connectivity index (χ1) is 19.7. The van der Waals surface area contributed by atoms with E-state index in [0.717, 1.165) is 10.9 Å². The minimum atomic E-state index is -1.48. The van der Waals surface area contributed by atoms with Crippen molar-refractivity contribution in [2.75, 3.05) is 18.6 Å². The molecule has 5 amide bonds. The fourth-order valence-electron chi connectivity index (χ4n) is 3.89. The third-order valence-electron chi connectivity index (χ3n) is 5.83. The van der Waals surface area contributed by atoms with E-state index in [-0.39, 0.29) is 12.8 Å². The van der Waals surface area contributed by atoms with Crippen LogP contribution in [0.2, 0.25) is 0 Å². The minimum absolute atomic E-state index is 0.0355. The summed E-state index contributed by atoms with van der Waals surface area (Å²) in [7, 11) is 0. The van der Waals surface area contributed by atoms with Crippen LogP contribution in [0, 0.1) is 0 Å². The summed E-state index contributed by atoms with van der Waals surface area (Å²) in [5, 5.41) is 19.7. The Labute approximate surface area is 247 Å². The SMILES string of the molecule is CSCC[C@H](NC(=O)[C@H](Cc1c[nH]c2ccccc12)NC(=O)CNC(=O)OC(C)(C)C)C(=O)N[C@@H](CC(=O)O)C(N)=O. The molecule has 0 aliphatic heterocycles. The monoisotopic (exact) mass is 606 g/mol. The highest BCUT2D eigenvalue weighted by Crippen LogP contribution is 2.19. The maximum atomic E-state index is 13.5. The number of aliphatic carboxylic acids is 1. The molecule has 8 N–H and O–H groups in total. The van der Waals surface area contributed by atoms with Crippen molar-refractivity contribution in [1.29, 1.82) is 0 Å². The number of fused-ring (bicyclic) bond motifs is 1. The fraction of sp³-hybridized carbons (Fsp3) is 0.481. The van der Waals surface area contributed by atoms with Gasteiger partial charge in [0.05, 0.1) is 6.42 Å². The van der Waals surface area contributed by atoms with E-state index in [1.165, 1.54) is 11.8 Å². The Hall–Kier alpha value is -4.27. The van der Waals surface area contributed by atoms with Crippen LogP contribution in [0.3, 0.4) is 0 Å². The quantitative estimate of drug-likeness (QED) is 0.149. The second-order valence-electron chi connectivity index (χ2n) is 10.4. The Balaban J connectivity index is 2.25. The molecule has 0 spiro atoms. The smallest absolute Gasteiger partial charge is 0.408 e. The Morgan fingerprint density at radius 3 is 2.26 bits per heavy atom. The van der Waals surface area contributed by atoms with E-state index in [1.807, 2.05) is 24.3 Å². The molecule has 0 aliphatic carbocycles. The van der Waals surface area contributed by atoms with Gasteiger partial charge in [-0.3, -0.25) is 24.0 Å². The van der Waals surface area contributed by atoms with Gasteiger partial charge in [-0.15, -0.1) is 0 Å². The van der Waals surface area contributed by atoms with Crippen molar-refractivity contribution in [2.45, 2.75) is 63.8 Å². The Bertz CT molecular complexity index is 1290. The third-order valence-corrected chi connectivity index (χ3v) is 6.47. The minimum Gasteiger partial charge on any atom is -0.481 e. The van der Waals surface area contributed by atoms with Crippen LogP contribution in [0.5, 0.6) is 0 Å². The van der Waals surface area contributed by atoms with Gasteiger partial charge >= 0.3 is 12.1 Å². The zero-order chi connectivity index (χ0) is 31.4. The molecule has 1 aromatic carbocycles. The molecule has 3 atom stereocenters. The summed E-state index contributed by atoms with van der Waals surface area (Å²) in [6.45, 7) is 4.54. The molecule has 0 bridgehead atoms. The number of para-hydroxylation sites is 1. The molecular formula is C27H38N6O8S. The van der Waals surface area contributed by atoms with E-state index in [9.17, 15) is 28.8 Å². The van der Waals surface area contributed by atoms with Gasteiger partial charge in [0.25, 0.3) is 0 Å². The molecule has 230 valence electrons. The number of aromatic amines is 1. The summed E-state index contributed by atoms with van der Waals surface area (Å²) in [5.74, 6) is -4.13. The number of rotatable bonds is 15. The van der Waals surface area contributed by atoms with Crippen molar-refractivity contribution < 1.29 is 38.6 Å². The van der Waals surface area contributed by atoms with E-state index in [0.29, 0.717) is 11.3 Å². The Kier molecular flexibility index (Phi) is 12.6. The van der Waals surface area contributed by atoms with Crippen LogP contribution in [0.25, 0.3) is 10.9 Å². The first-order valence-corrected chi connectivity index (χ1v) is 14.5. The molecule has 0 aliphatic rings. The highest BCUT2D eigenvalue weighted by Gasteiger charge is 2.30. The number of carboxylic acids is 1. The summed E-state index contributed by atoms with van der Waals surface area (Å²) < 4.78 is 5.13. The molecule has 0 fully saturated rings. The molecule has 0 saturated carbocycles. The van der Waals surface area contributed by atoms with Crippen molar-refractivity contribution >= 4 is 58.4 Å². The molecule has 0 radical (unpaired) electrons. The second-order valence-corrected chi connectivity index (χ2v) is 11.4. The molecule has 1 heterocycles. The number of H-pyrrole nitrogens is 1. The first-order valence-electron chi connectivity index (χ1n) is 13.1. The lowest BCUT2D eigenvalue weighted by atomic mass is 10.0. The zero-order valence-electron chi connectivity index (χ0n) is 23.9. The summed E-state index contributed by atoms with van der Waals surface area (Å²) >= 11 is 1.40. The normalized spacial score (nSPS) is 13.3.